The highest BCUT2D eigenvalue weighted by atomic mass is 19.2. The SMILES string of the molecule is CC(=O)N1CCN(Cc2noc(C)n2)CC1.Cc1nc(C(C)(C)c2ccccn2)no1.Cc1nnc(-c2ccc(F)c(F)c2)o1.Cc1nnc(C)o1. The average Bonchev–Trinajstić information content (AvgIpc) is 3.94. The van der Waals surface area contributed by atoms with Gasteiger partial charge < -0.3 is 22.8 Å². The highest BCUT2D eigenvalue weighted by Crippen LogP contribution is 2.27. The van der Waals surface area contributed by atoms with Gasteiger partial charge in [-0.25, -0.2) is 8.78 Å². The molecule has 6 heterocycles. The van der Waals surface area contributed by atoms with Crippen molar-refractivity contribution in [3.8, 4) is 11.5 Å². The topological polar surface area (TPSA) is 192 Å². The van der Waals surface area contributed by atoms with Crippen molar-refractivity contribution in [3.05, 3.63) is 101 Å². The molecule has 1 aromatic carbocycles. The number of hydrogen-bond acceptors (Lipinski definition) is 15. The van der Waals surface area contributed by atoms with Crippen LogP contribution in [0, 0.1) is 46.3 Å². The fraction of sp³-hybridized carbons (Fsp3) is 0.412. The number of carbonyl (C=O) groups is 1. The third-order valence-corrected chi connectivity index (χ3v) is 7.46. The zero-order valence-electron chi connectivity index (χ0n) is 30.3. The molecule has 0 bridgehead atoms. The normalized spacial score (nSPS) is 12.9. The Morgan fingerprint density at radius 3 is 1.88 bits per heavy atom. The molecule has 16 nitrogen and oxygen atoms in total. The first kappa shape index (κ1) is 39.0. The lowest BCUT2D eigenvalue weighted by Gasteiger charge is -2.33. The van der Waals surface area contributed by atoms with E-state index < -0.39 is 11.6 Å². The zero-order chi connectivity index (χ0) is 37.8. The predicted octanol–water partition coefficient (Wildman–Crippen LogP) is 5.15. The third kappa shape index (κ3) is 11.4. The number of piperazine rings is 1. The second-order valence-corrected chi connectivity index (χ2v) is 12.1. The largest absolute Gasteiger partial charge is 0.426 e. The summed E-state index contributed by atoms with van der Waals surface area (Å²) in [6, 6.07) is 9.22. The molecule has 1 amide bonds. The lowest BCUT2D eigenvalue weighted by atomic mass is 9.88. The van der Waals surface area contributed by atoms with E-state index in [-0.39, 0.29) is 17.2 Å². The molecule has 5 aromatic heterocycles. The molecule has 0 spiro atoms. The molecule has 0 aliphatic carbocycles. The molecule has 1 aliphatic heterocycles. The minimum Gasteiger partial charge on any atom is -0.426 e. The molecule has 52 heavy (non-hydrogen) atoms. The molecule has 6 aromatic rings. The van der Waals surface area contributed by atoms with Crippen LogP contribution in [0.5, 0.6) is 0 Å². The summed E-state index contributed by atoms with van der Waals surface area (Å²) in [5.41, 5.74) is 0.981. The molecule has 0 N–H and O–H groups in total. The number of hydrogen-bond donors (Lipinski definition) is 0. The van der Waals surface area contributed by atoms with Crippen molar-refractivity contribution in [2.75, 3.05) is 26.2 Å². The van der Waals surface area contributed by atoms with Gasteiger partial charge in [0.2, 0.25) is 41.3 Å². The molecule has 0 atom stereocenters. The third-order valence-electron chi connectivity index (χ3n) is 7.46. The van der Waals surface area contributed by atoms with Crippen LogP contribution in [0.15, 0.2) is 60.5 Å². The van der Waals surface area contributed by atoms with Gasteiger partial charge in [-0.1, -0.05) is 16.4 Å². The van der Waals surface area contributed by atoms with Crippen molar-refractivity contribution >= 4 is 5.91 Å². The van der Waals surface area contributed by atoms with Crippen LogP contribution in [-0.4, -0.2) is 87.5 Å². The number of aryl methyl sites for hydroxylation is 5. The van der Waals surface area contributed by atoms with E-state index in [2.05, 4.69) is 50.6 Å². The van der Waals surface area contributed by atoms with Crippen molar-refractivity contribution in [1.82, 2.24) is 55.5 Å². The summed E-state index contributed by atoms with van der Waals surface area (Å²) >= 11 is 0. The lowest BCUT2D eigenvalue weighted by Crippen LogP contribution is -2.47. The number of pyridine rings is 1. The lowest BCUT2D eigenvalue weighted by molar-refractivity contribution is -0.130. The maximum atomic E-state index is 12.8. The molecule has 1 fully saturated rings. The van der Waals surface area contributed by atoms with Gasteiger partial charge in [0, 0.05) is 79.5 Å². The molecule has 0 radical (unpaired) electrons. The molecule has 1 aliphatic rings. The van der Waals surface area contributed by atoms with Gasteiger partial charge in [-0.05, 0) is 44.2 Å². The Balaban J connectivity index is 0.000000160. The summed E-state index contributed by atoms with van der Waals surface area (Å²) < 4.78 is 45.2. The van der Waals surface area contributed by atoms with Gasteiger partial charge in [-0.15, -0.1) is 20.4 Å². The quantitative estimate of drug-likeness (QED) is 0.227. The van der Waals surface area contributed by atoms with Crippen molar-refractivity contribution < 1.29 is 31.5 Å². The van der Waals surface area contributed by atoms with E-state index in [0.29, 0.717) is 53.2 Å². The van der Waals surface area contributed by atoms with Crippen LogP contribution in [0.2, 0.25) is 0 Å². The zero-order valence-corrected chi connectivity index (χ0v) is 30.3. The van der Waals surface area contributed by atoms with E-state index in [0.717, 1.165) is 44.0 Å². The second kappa shape index (κ2) is 17.9. The Bertz CT molecular complexity index is 1980. The predicted molar refractivity (Wildman–Crippen MR) is 180 cm³/mol. The Kier molecular flexibility index (Phi) is 13.5. The first-order valence-corrected chi connectivity index (χ1v) is 16.2. The molecular weight excluding hydrogens is 680 g/mol. The number of benzene rings is 1. The smallest absolute Gasteiger partial charge is 0.247 e. The molecule has 18 heteroatoms. The number of aromatic nitrogens is 9. The standard InChI is InChI=1S/C11H13N3O.C10H16N4O2.C9H6F2N2O.C4H6N2O/c1-8-13-10(14-15-8)11(2,3)9-6-4-5-7-12-9;1-8-11-10(12-16-8)7-13-3-5-14(6-4-13)9(2)15;1-5-12-13-9(14-5)6-2-3-7(10)8(11)4-6;1-3-5-6-4(2)7-3/h4-7H,1-3H3;3-7H2,1-2H3;2-4H,1H3;1-2H3. The van der Waals surface area contributed by atoms with Crippen LogP contribution in [-0.2, 0) is 16.8 Å². The summed E-state index contributed by atoms with van der Waals surface area (Å²) in [5, 5.41) is 22.3. The van der Waals surface area contributed by atoms with Crippen molar-refractivity contribution in [2.24, 2.45) is 0 Å². The number of rotatable bonds is 5. The highest BCUT2D eigenvalue weighted by Gasteiger charge is 2.29. The first-order chi connectivity index (χ1) is 24.7. The Labute approximate surface area is 298 Å². The van der Waals surface area contributed by atoms with Crippen molar-refractivity contribution in [1.29, 1.82) is 0 Å². The molecule has 0 unspecified atom stereocenters. The van der Waals surface area contributed by atoms with Crippen LogP contribution in [0.4, 0.5) is 8.78 Å². The van der Waals surface area contributed by atoms with Gasteiger partial charge in [-0.2, -0.15) is 9.97 Å². The van der Waals surface area contributed by atoms with E-state index >= 15 is 0 Å². The first-order valence-electron chi connectivity index (χ1n) is 16.2. The van der Waals surface area contributed by atoms with Gasteiger partial charge in [0.1, 0.15) is 0 Å². The summed E-state index contributed by atoms with van der Waals surface area (Å²) in [6.45, 7) is 18.4. The molecule has 0 saturated carbocycles. The van der Waals surface area contributed by atoms with Gasteiger partial charge >= 0.3 is 0 Å². The second-order valence-electron chi connectivity index (χ2n) is 12.1. The van der Waals surface area contributed by atoms with E-state index in [4.69, 9.17) is 17.9 Å². The summed E-state index contributed by atoms with van der Waals surface area (Å²) in [6.07, 6.45) is 1.77. The summed E-state index contributed by atoms with van der Waals surface area (Å²) in [7, 11) is 0. The van der Waals surface area contributed by atoms with E-state index in [1.807, 2.05) is 36.9 Å². The summed E-state index contributed by atoms with van der Waals surface area (Å²) in [4.78, 5) is 27.9. The maximum absolute atomic E-state index is 12.8. The van der Waals surface area contributed by atoms with E-state index in [1.54, 1.807) is 47.7 Å². The number of nitrogens with zero attached hydrogens (tertiary/aromatic N) is 11. The summed E-state index contributed by atoms with van der Waals surface area (Å²) in [5.74, 6) is 2.68. The average molecular weight is 722 g/mol. The van der Waals surface area contributed by atoms with Crippen molar-refractivity contribution in [3.63, 3.8) is 0 Å². The van der Waals surface area contributed by atoms with Crippen LogP contribution >= 0.6 is 0 Å². The molecule has 7 rings (SSSR count). The van der Waals surface area contributed by atoms with Gasteiger partial charge in [0.25, 0.3) is 0 Å². The molecular formula is C34H41F2N11O5. The van der Waals surface area contributed by atoms with Crippen LogP contribution in [0.25, 0.3) is 11.5 Å². The molecule has 1 saturated heterocycles. The number of carbonyl (C=O) groups excluding carboxylic acids is 1. The van der Waals surface area contributed by atoms with Crippen LogP contribution in [0.3, 0.4) is 0 Å². The monoisotopic (exact) mass is 721 g/mol. The van der Waals surface area contributed by atoms with Gasteiger partial charge in [0.05, 0.1) is 17.7 Å². The maximum Gasteiger partial charge on any atom is 0.247 e. The molecule has 276 valence electrons. The minimum absolute atomic E-state index is 0.148. The highest BCUT2D eigenvalue weighted by molar-refractivity contribution is 5.73. The van der Waals surface area contributed by atoms with E-state index in [9.17, 15) is 13.6 Å². The Morgan fingerprint density at radius 1 is 0.769 bits per heavy atom. The Morgan fingerprint density at radius 2 is 1.40 bits per heavy atom. The van der Waals surface area contributed by atoms with Crippen molar-refractivity contribution in [2.45, 2.75) is 67.3 Å². The Hall–Kier alpha value is -5.78. The van der Waals surface area contributed by atoms with Gasteiger partial charge in [0.15, 0.2) is 23.3 Å². The van der Waals surface area contributed by atoms with E-state index in [1.165, 1.54) is 6.07 Å². The fourth-order valence-corrected chi connectivity index (χ4v) is 4.66. The van der Waals surface area contributed by atoms with Crippen LogP contribution < -0.4 is 0 Å². The van der Waals surface area contributed by atoms with Gasteiger partial charge in [-0.3, -0.25) is 14.7 Å². The number of halogens is 2. The minimum atomic E-state index is -0.932. The van der Waals surface area contributed by atoms with Crippen LogP contribution in [0.1, 0.15) is 67.6 Å². The number of amides is 1. The fourth-order valence-electron chi connectivity index (χ4n) is 4.66.